The Balaban J connectivity index is 2.15. The molecule has 1 rings (SSSR count). The van der Waals surface area contributed by atoms with Crippen molar-refractivity contribution in [3.05, 3.63) is 0 Å². The fourth-order valence-electron chi connectivity index (χ4n) is 2.83. The molecule has 1 saturated carbocycles. The second-order valence-electron chi connectivity index (χ2n) is 6.31. The Morgan fingerprint density at radius 2 is 2.05 bits per heavy atom. The van der Waals surface area contributed by atoms with Crippen molar-refractivity contribution in [1.82, 2.24) is 5.32 Å². The molecule has 0 aromatic rings. The van der Waals surface area contributed by atoms with Gasteiger partial charge in [-0.3, -0.25) is 4.79 Å². The van der Waals surface area contributed by atoms with Crippen LogP contribution in [0.15, 0.2) is 0 Å². The minimum absolute atomic E-state index is 0.266. The Kier molecular flexibility index (Phi) is 8.15. The molecule has 4 nitrogen and oxygen atoms in total. The molecular formula is C16H32N2O2. The van der Waals surface area contributed by atoms with Crippen LogP contribution in [0, 0.1) is 5.92 Å². The van der Waals surface area contributed by atoms with Crippen LogP contribution in [0.1, 0.15) is 65.2 Å². The summed E-state index contributed by atoms with van der Waals surface area (Å²) >= 11 is 0. The zero-order valence-electron chi connectivity index (χ0n) is 13.2. The molecule has 3 N–H and O–H groups in total. The van der Waals surface area contributed by atoms with Crippen LogP contribution in [0.4, 0.5) is 0 Å². The smallest absolute Gasteiger partial charge is 0.237 e. The van der Waals surface area contributed by atoms with E-state index >= 15 is 0 Å². The molecule has 0 aromatic carbocycles. The van der Waals surface area contributed by atoms with Gasteiger partial charge in [-0.1, -0.05) is 26.2 Å². The van der Waals surface area contributed by atoms with E-state index in [0.29, 0.717) is 0 Å². The van der Waals surface area contributed by atoms with Crippen molar-refractivity contribution in [2.45, 2.75) is 70.8 Å². The van der Waals surface area contributed by atoms with Crippen LogP contribution < -0.4 is 11.1 Å². The average Bonchev–Trinajstić information content (AvgIpc) is 2.45. The van der Waals surface area contributed by atoms with Gasteiger partial charge in [-0.15, -0.1) is 0 Å². The summed E-state index contributed by atoms with van der Waals surface area (Å²) in [5.41, 5.74) is 4.91. The number of nitrogens with two attached hydrogens (primary N) is 1. The summed E-state index contributed by atoms with van der Waals surface area (Å²) in [7, 11) is 0. The van der Waals surface area contributed by atoms with E-state index in [1.54, 1.807) is 0 Å². The summed E-state index contributed by atoms with van der Waals surface area (Å²) in [5.74, 6) is 0.489. The van der Waals surface area contributed by atoms with E-state index in [0.717, 1.165) is 44.9 Å². The van der Waals surface area contributed by atoms with E-state index < -0.39 is 5.54 Å². The lowest BCUT2D eigenvalue weighted by atomic mass is 9.90. The molecule has 0 aliphatic heterocycles. The van der Waals surface area contributed by atoms with Crippen molar-refractivity contribution in [2.24, 2.45) is 11.7 Å². The van der Waals surface area contributed by atoms with Crippen LogP contribution in [0.3, 0.4) is 0 Å². The van der Waals surface area contributed by atoms with Crippen LogP contribution in [0.2, 0.25) is 0 Å². The van der Waals surface area contributed by atoms with E-state index in [2.05, 4.69) is 12.2 Å². The van der Waals surface area contributed by atoms with E-state index in [9.17, 15) is 4.79 Å². The largest absolute Gasteiger partial charge is 0.381 e. The molecular weight excluding hydrogens is 252 g/mol. The highest BCUT2D eigenvalue weighted by molar-refractivity contribution is 5.84. The van der Waals surface area contributed by atoms with Crippen molar-refractivity contribution in [2.75, 3.05) is 19.8 Å². The number of rotatable bonds is 10. The molecule has 0 radical (unpaired) electrons. The quantitative estimate of drug-likeness (QED) is 0.606. The number of hydrogen-bond acceptors (Lipinski definition) is 3. The van der Waals surface area contributed by atoms with Gasteiger partial charge in [0.05, 0.1) is 5.54 Å². The minimum atomic E-state index is -0.593. The maximum absolute atomic E-state index is 11.6. The second kappa shape index (κ2) is 9.35. The summed E-state index contributed by atoms with van der Waals surface area (Å²) in [6.07, 6.45) is 9.35. The Morgan fingerprint density at radius 1 is 1.35 bits per heavy atom. The normalized spacial score (nSPS) is 19.7. The number of hydrogen-bond donors (Lipinski definition) is 2. The second-order valence-corrected chi connectivity index (χ2v) is 6.31. The number of carbonyl (C=O) groups is 1. The van der Waals surface area contributed by atoms with E-state index in [4.69, 9.17) is 10.5 Å². The molecule has 0 saturated heterocycles. The Hall–Kier alpha value is -0.610. The van der Waals surface area contributed by atoms with E-state index in [-0.39, 0.29) is 5.91 Å². The molecule has 1 fully saturated rings. The van der Waals surface area contributed by atoms with Crippen molar-refractivity contribution in [1.29, 1.82) is 0 Å². The van der Waals surface area contributed by atoms with Gasteiger partial charge < -0.3 is 15.8 Å². The maximum atomic E-state index is 11.6. The zero-order chi connectivity index (χ0) is 14.8. The molecule has 118 valence electrons. The average molecular weight is 284 g/mol. The number of nitrogens with one attached hydrogen (secondary N) is 1. The van der Waals surface area contributed by atoms with Gasteiger partial charge in [0.2, 0.25) is 5.91 Å². The lowest BCUT2D eigenvalue weighted by Gasteiger charge is -2.27. The molecule has 1 aliphatic rings. The first-order valence-electron chi connectivity index (χ1n) is 8.21. The predicted octanol–water partition coefficient (Wildman–Crippen LogP) is 2.61. The Morgan fingerprint density at radius 3 is 2.65 bits per heavy atom. The summed E-state index contributed by atoms with van der Waals surface area (Å²) in [4.78, 5) is 11.6. The predicted molar refractivity (Wildman–Crippen MR) is 82.5 cm³/mol. The highest BCUT2D eigenvalue weighted by Gasteiger charge is 2.29. The van der Waals surface area contributed by atoms with Crippen LogP contribution in [0.5, 0.6) is 0 Å². The summed E-state index contributed by atoms with van der Waals surface area (Å²) < 4.78 is 5.77. The first-order valence-corrected chi connectivity index (χ1v) is 8.21. The monoisotopic (exact) mass is 284 g/mol. The lowest BCUT2D eigenvalue weighted by Crippen LogP contribution is -2.53. The first kappa shape index (κ1) is 17.4. The molecule has 1 atom stereocenters. The summed E-state index contributed by atoms with van der Waals surface area (Å²) in [6, 6.07) is 0. The molecule has 20 heavy (non-hydrogen) atoms. The first-order chi connectivity index (χ1) is 9.58. The highest BCUT2D eigenvalue weighted by atomic mass is 16.5. The molecule has 0 bridgehead atoms. The van der Waals surface area contributed by atoms with Crippen molar-refractivity contribution < 1.29 is 9.53 Å². The molecule has 0 aromatic heterocycles. The molecule has 1 amide bonds. The third kappa shape index (κ3) is 6.23. The number of ether oxygens (including phenoxy) is 1. The minimum Gasteiger partial charge on any atom is -0.381 e. The topological polar surface area (TPSA) is 64.3 Å². The SMILES string of the molecule is CCCNC(C)(CCCOCC1CCCCC1)C(N)=O. The molecule has 0 heterocycles. The standard InChI is InChI=1S/C16H32N2O2/c1-3-11-18-16(2,15(17)19)10-7-12-20-13-14-8-5-4-6-9-14/h14,18H,3-13H2,1-2H3,(H2,17,19). The van der Waals surface area contributed by atoms with Gasteiger partial charge in [-0.2, -0.15) is 0 Å². The van der Waals surface area contributed by atoms with Gasteiger partial charge in [0, 0.05) is 13.2 Å². The molecule has 1 aliphatic carbocycles. The van der Waals surface area contributed by atoms with Crippen molar-refractivity contribution in [3.8, 4) is 0 Å². The third-order valence-corrected chi connectivity index (χ3v) is 4.35. The fraction of sp³-hybridized carbons (Fsp3) is 0.938. The van der Waals surface area contributed by atoms with Gasteiger partial charge >= 0.3 is 0 Å². The van der Waals surface area contributed by atoms with E-state index in [1.165, 1.54) is 32.1 Å². The van der Waals surface area contributed by atoms with Gasteiger partial charge in [-0.05, 0) is 51.5 Å². The van der Waals surface area contributed by atoms with Crippen LogP contribution in [0.25, 0.3) is 0 Å². The number of carbonyl (C=O) groups excluding carboxylic acids is 1. The Labute approximate surface area is 123 Å². The van der Waals surface area contributed by atoms with Crippen LogP contribution in [-0.2, 0) is 9.53 Å². The Bertz CT molecular complexity index is 278. The molecule has 1 unspecified atom stereocenters. The van der Waals surface area contributed by atoms with Gasteiger partial charge in [0.25, 0.3) is 0 Å². The van der Waals surface area contributed by atoms with Gasteiger partial charge in [0.1, 0.15) is 0 Å². The summed E-state index contributed by atoms with van der Waals surface area (Å²) in [6.45, 7) is 6.42. The molecule has 0 spiro atoms. The van der Waals surface area contributed by atoms with Crippen LogP contribution >= 0.6 is 0 Å². The third-order valence-electron chi connectivity index (χ3n) is 4.35. The van der Waals surface area contributed by atoms with Gasteiger partial charge in [-0.25, -0.2) is 0 Å². The summed E-state index contributed by atoms with van der Waals surface area (Å²) in [5, 5.41) is 3.26. The maximum Gasteiger partial charge on any atom is 0.237 e. The van der Waals surface area contributed by atoms with Crippen molar-refractivity contribution >= 4 is 5.91 Å². The van der Waals surface area contributed by atoms with E-state index in [1.807, 2.05) is 6.92 Å². The van der Waals surface area contributed by atoms with Gasteiger partial charge in [0.15, 0.2) is 0 Å². The zero-order valence-corrected chi connectivity index (χ0v) is 13.2. The van der Waals surface area contributed by atoms with Crippen molar-refractivity contribution in [3.63, 3.8) is 0 Å². The number of primary amides is 1. The molecule has 4 heteroatoms. The lowest BCUT2D eigenvalue weighted by molar-refractivity contribution is -0.124. The number of amides is 1. The van der Waals surface area contributed by atoms with Crippen LogP contribution in [-0.4, -0.2) is 31.2 Å². The fourth-order valence-corrected chi connectivity index (χ4v) is 2.83. The highest BCUT2D eigenvalue weighted by Crippen LogP contribution is 2.23.